The van der Waals surface area contributed by atoms with Crippen LogP contribution in [0.15, 0.2) is 18.0 Å². The molecule has 1 aromatic heterocycles. The van der Waals surface area contributed by atoms with Crippen molar-refractivity contribution >= 4 is 11.5 Å². The highest BCUT2D eigenvalue weighted by atomic mass is 16.4. The lowest BCUT2D eigenvalue weighted by Crippen LogP contribution is -2.05. The second-order valence-corrected chi connectivity index (χ2v) is 3.12. The molecule has 4 nitrogen and oxygen atoms in total. The van der Waals surface area contributed by atoms with E-state index in [1.165, 1.54) is 0 Å². The van der Waals surface area contributed by atoms with Gasteiger partial charge in [0.2, 0.25) is 0 Å². The number of imidazole rings is 1. The zero-order chi connectivity index (χ0) is 10.7. The number of carboxylic acids is 1. The largest absolute Gasteiger partial charge is 0.478 e. The van der Waals surface area contributed by atoms with Gasteiger partial charge >= 0.3 is 5.97 Å². The molecule has 4 heteroatoms. The maximum absolute atomic E-state index is 10.9. The van der Waals surface area contributed by atoms with Crippen LogP contribution >= 0.6 is 0 Å². The molecule has 0 amide bonds. The number of hydrogen-bond donors (Lipinski definition) is 1. The summed E-state index contributed by atoms with van der Waals surface area (Å²) < 4.78 is 1.81. The number of hydrogen-bond acceptors (Lipinski definition) is 2. The van der Waals surface area contributed by atoms with E-state index < -0.39 is 5.97 Å². The normalized spacial score (nSPS) is 12.5. The summed E-state index contributed by atoms with van der Waals surface area (Å²) in [5.41, 5.74) is 1.15. The summed E-state index contributed by atoms with van der Waals surface area (Å²) in [4.78, 5) is 15.0. The molecule has 0 saturated carbocycles. The Hall–Kier alpha value is -1.58. The minimum absolute atomic E-state index is 0.416. The summed E-state index contributed by atoms with van der Waals surface area (Å²) in [5.74, 6) is -0.155. The Bertz CT molecular complexity index is 377. The number of carboxylic acid groups (broad SMARTS) is 1. The van der Waals surface area contributed by atoms with E-state index in [1.54, 1.807) is 19.3 Å². The van der Waals surface area contributed by atoms with Gasteiger partial charge in [-0.3, -0.25) is 0 Å². The van der Waals surface area contributed by atoms with Gasteiger partial charge in [-0.15, -0.1) is 0 Å². The molecule has 1 N–H and O–H groups in total. The van der Waals surface area contributed by atoms with Crippen LogP contribution in [-0.2, 0) is 11.8 Å². The number of rotatable bonds is 3. The van der Waals surface area contributed by atoms with Crippen molar-refractivity contribution in [2.24, 2.45) is 7.05 Å². The Labute approximate surface area is 82.9 Å². The molecule has 0 aromatic carbocycles. The highest BCUT2D eigenvalue weighted by Crippen LogP contribution is 2.18. The molecule has 1 aromatic rings. The summed E-state index contributed by atoms with van der Waals surface area (Å²) in [7, 11) is 1.85. The lowest BCUT2D eigenvalue weighted by atomic mass is 10.1. The van der Waals surface area contributed by atoms with Crippen LogP contribution in [0.3, 0.4) is 0 Å². The Morgan fingerprint density at radius 2 is 2.29 bits per heavy atom. The molecular weight excluding hydrogens is 180 g/mol. The average Bonchev–Trinajstić information content (AvgIpc) is 2.51. The van der Waals surface area contributed by atoms with Crippen molar-refractivity contribution in [2.75, 3.05) is 0 Å². The molecule has 1 rings (SSSR count). The standard InChI is InChI=1S/C10H14N2O2/c1-4-8(10(13)14)7(2)9-11-5-6-12(9)3/h5-6H,4H2,1-3H3,(H,13,14)/b8-7-. The number of nitrogens with zero attached hydrogens (tertiary/aromatic N) is 2. The summed E-state index contributed by atoms with van der Waals surface area (Å²) in [5, 5.41) is 8.94. The monoisotopic (exact) mass is 194 g/mol. The van der Waals surface area contributed by atoms with Gasteiger partial charge in [0.05, 0.1) is 0 Å². The topological polar surface area (TPSA) is 55.1 Å². The summed E-state index contributed by atoms with van der Waals surface area (Å²) in [6, 6.07) is 0. The van der Waals surface area contributed by atoms with Gasteiger partial charge in [-0.05, 0) is 13.3 Å². The first-order valence-electron chi connectivity index (χ1n) is 4.48. The summed E-state index contributed by atoms with van der Waals surface area (Å²) in [6.45, 7) is 3.62. The molecule has 0 aliphatic rings. The highest BCUT2D eigenvalue weighted by molar-refractivity contribution is 5.95. The molecule has 0 saturated heterocycles. The van der Waals surface area contributed by atoms with Gasteiger partial charge in [-0.1, -0.05) is 6.92 Å². The first-order chi connectivity index (χ1) is 6.57. The predicted molar refractivity (Wildman–Crippen MR) is 53.7 cm³/mol. The van der Waals surface area contributed by atoms with Gasteiger partial charge in [0.15, 0.2) is 0 Å². The number of aliphatic carboxylic acids is 1. The van der Waals surface area contributed by atoms with Crippen molar-refractivity contribution < 1.29 is 9.90 Å². The fourth-order valence-electron chi connectivity index (χ4n) is 1.44. The first-order valence-corrected chi connectivity index (χ1v) is 4.48. The molecule has 0 spiro atoms. The van der Waals surface area contributed by atoms with E-state index in [1.807, 2.05) is 18.5 Å². The molecule has 0 atom stereocenters. The molecule has 0 aliphatic carbocycles. The summed E-state index contributed by atoms with van der Waals surface area (Å²) in [6.07, 6.45) is 3.97. The fraction of sp³-hybridized carbons (Fsp3) is 0.400. The Balaban J connectivity index is 3.21. The third-order valence-corrected chi connectivity index (χ3v) is 2.22. The van der Waals surface area contributed by atoms with Crippen LogP contribution in [0.4, 0.5) is 0 Å². The lowest BCUT2D eigenvalue weighted by Gasteiger charge is -2.05. The van der Waals surface area contributed by atoms with E-state index in [0.717, 1.165) is 5.57 Å². The molecule has 0 unspecified atom stereocenters. The van der Waals surface area contributed by atoms with Crippen molar-refractivity contribution in [1.82, 2.24) is 9.55 Å². The molecule has 0 radical (unpaired) electrons. The van der Waals surface area contributed by atoms with Crippen LogP contribution in [0, 0.1) is 0 Å². The quantitative estimate of drug-likeness (QED) is 0.745. The Morgan fingerprint density at radius 3 is 2.64 bits per heavy atom. The molecule has 76 valence electrons. The molecule has 14 heavy (non-hydrogen) atoms. The van der Waals surface area contributed by atoms with E-state index in [-0.39, 0.29) is 0 Å². The molecule has 0 bridgehead atoms. The van der Waals surface area contributed by atoms with E-state index in [2.05, 4.69) is 4.98 Å². The minimum atomic E-state index is -0.868. The van der Waals surface area contributed by atoms with Gasteiger partial charge in [0.25, 0.3) is 0 Å². The van der Waals surface area contributed by atoms with Gasteiger partial charge in [-0.2, -0.15) is 0 Å². The smallest absolute Gasteiger partial charge is 0.331 e. The van der Waals surface area contributed by atoms with E-state index in [4.69, 9.17) is 5.11 Å². The van der Waals surface area contributed by atoms with Gasteiger partial charge in [0.1, 0.15) is 5.82 Å². The molecular formula is C10H14N2O2. The Kier molecular flexibility index (Phi) is 3.06. The minimum Gasteiger partial charge on any atom is -0.478 e. The van der Waals surface area contributed by atoms with Crippen LogP contribution in [0.1, 0.15) is 26.1 Å². The van der Waals surface area contributed by atoms with Crippen LogP contribution in [-0.4, -0.2) is 20.6 Å². The van der Waals surface area contributed by atoms with Crippen molar-refractivity contribution in [3.05, 3.63) is 23.8 Å². The summed E-state index contributed by atoms with van der Waals surface area (Å²) >= 11 is 0. The van der Waals surface area contributed by atoms with E-state index >= 15 is 0 Å². The second kappa shape index (κ2) is 4.09. The number of carbonyl (C=O) groups is 1. The van der Waals surface area contributed by atoms with Crippen LogP contribution < -0.4 is 0 Å². The van der Waals surface area contributed by atoms with Gasteiger partial charge in [0, 0.05) is 30.6 Å². The zero-order valence-electron chi connectivity index (χ0n) is 8.61. The third-order valence-electron chi connectivity index (χ3n) is 2.22. The number of aromatic nitrogens is 2. The highest BCUT2D eigenvalue weighted by Gasteiger charge is 2.12. The third kappa shape index (κ3) is 1.84. The van der Waals surface area contributed by atoms with Crippen LogP contribution in [0.25, 0.3) is 5.57 Å². The fourth-order valence-corrected chi connectivity index (χ4v) is 1.44. The van der Waals surface area contributed by atoms with Crippen molar-refractivity contribution in [3.8, 4) is 0 Å². The zero-order valence-corrected chi connectivity index (χ0v) is 8.61. The molecule has 1 heterocycles. The number of allylic oxidation sites excluding steroid dienone is 1. The Morgan fingerprint density at radius 1 is 1.64 bits per heavy atom. The molecule has 0 aliphatic heterocycles. The predicted octanol–water partition coefficient (Wildman–Crippen LogP) is 1.69. The lowest BCUT2D eigenvalue weighted by molar-refractivity contribution is -0.132. The van der Waals surface area contributed by atoms with Crippen molar-refractivity contribution in [1.29, 1.82) is 0 Å². The maximum Gasteiger partial charge on any atom is 0.331 e. The van der Waals surface area contributed by atoms with Gasteiger partial charge in [-0.25, -0.2) is 9.78 Å². The number of aryl methyl sites for hydroxylation is 1. The molecule has 0 fully saturated rings. The van der Waals surface area contributed by atoms with Gasteiger partial charge < -0.3 is 9.67 Å². The van der Waals surface area contributed by atoms with Crippen molar-refractivity contribution in [2.45, 2.75) is 20.3 Å². The average molecular weight is 194 g/mol. The first kappa shape index (κ1) is 10.5. The van der Waals surface area contributed by atoms with E-state index in [0.29, 0.717) is 17.8 Å². The SMILES string of the molecule is CC/C(C(=O)O)=C(\C)c1nccn1C. The van der Waals surface area contributed by atoms with Crippen LogP contribution in [0.2, 0.25) is 0 Å². The second-order valence-electron chi connectivity index (χ2n) is 3.12. The van der Waals surface area contributed by atoms with E-state index in [9.17, 15) is 4.79 Å². The van der Waals surface area contributed by atoms with Crippen molar-refractivity contribution in [3.63, 3.8) is 0 Å². The van der Waals surface area contributed by atoms with Crippen LogP contribution in [0.5, 0.6) is 0 Å². The maximum atomic E-state index is 10.9.